The number of hydrogen-bond acceptors (Lipinski definition) is 6. The normalized spacial score (nSPS) is 15.0. The van der Waals surface area contributed by atoms with Crippen molar-refractivity contribution < 1.29 is 24.1 Å². The molecule has 3 aromatic rings. The number of ether oxygens (including phenoxy) is 3. The fourth-order valence-corrected chi connectivity index (χ4v) is 4.66. The third kappa shape index (κ3) is 5.51. The Morgan fingerprint density at radius 1 is 1.18 bits per heavy atom. The Hall–Kier alpha value is -3.10. The van der Waals surface area contributed by atoms with Gasteiger partial charge in [0.05, 0.1) is 25.4 Å². The van der Waals surface area contributed by atoms with E-state index in [0.717, 1.165) is 45.6 Å². The Balaban J connectivity index is 1.34. The van der Waals surface area contributed by atoms with Crippen LogP contribution in [0.15, 0.2) is 42.9 Å². The molecule has 0 atom stereocenters. The molecule has 3 heterocycles. The van der Waals surface area contributed by atoms with Crippen LogP contribution in [-0.4, -0.2) is 72.1 Å². The monoisotopic (exact) mass is 467 g/mol. The number of carboxylic acids is 1. The summed E-state index contributed by atoms with van der Waals surface area (Å²) in [5.74, 6) is 0.424. The van der Waals surface area contributed by atoms with Crippen LogP contribution in [0.4, 0.5) is 0 Å². The van der Waals surface area contributed by atoms with Gasteiger partial charge in [-0.2, -0.15) is 0 Å². The molecule has 0 spiro atoms. The van der Waals surface area contributed by atoms with E-state index >= 15 is 0 Å². The maximum absolute atomic E-state index is 11.5. The molecule has 0 unspecified atom stereocenters. The minimum atomic E-state index is -1.01. The molecule has 4 rings (SSSR count). The van der Waals surface area contributed by atoms with E-state index < -0.39 is 5.97 Å². The van der Waals surface area contributed by atoms with Crippen LogP contribution in [0.5, 0.6) is 11.5 Å². The molecule has 1 fully saturated rings. The fourth-order valence-electron chi connectivity index (χ4n) is 4.66. The lowest BCUT2D eigenvalue weighted by Crippen LogP contribution is -2.35. The Morgan fingerprint density at radius 3 is 2.74 bits per heavy atom. The van der Waals surface area contributed by atoms with E-state index in [2.05, 4.69) is 26.7 Å². The summed E-state index contributed by atoms with van der Waals surface area (Å²) in [6, 6.07) is 6.90. The summed E-state index contributed by atoms with van der Waals surface area (Å²) in [6.45, 7) is 7.41. The van der Waals surface area contributed by atoms with Gasteiger partial charge < -0.3 is 23.9 Å². The second kappa shape index (κ2) is 11.4. The summed E-state index contributed by atoms with van der Waals surface area (Å²) in [4.78, 5) is 18.2. The number of carbonyl (C=O) groups is 1. The van der Waals surface area contributed by atoms with Gasteiger partial charge in [0.25, 0.3) is 0 Å². The molecule has 1 saturated heterocycles. The van der Waals surface area contributed by atoms with Crippen molar-refractivity contribution >= 4 is 16.9 Å². The predicted molar refractivity (Wildman–Crippen MR) is 130 cm³/mol. The highest BCUT2D eigenvalue weighted by Crippen LogP contribution is 2.34. The van der Waals surface area contributed by atoms with Crippen LogP contribution in [-0.2, 0) is 11.3 Å². The maximum Gasteiger partial charge on any atom is 0.339 e. The zero-order valence-electron chi connectivity index (χ0n) is 19.9. The van der Waals surface area contributed by atoms with Gasteiger partial charge in [0.1, 0.15) is 23.7 Å². The first-order valence-corrected chi connectivity index (χ1v) is 11.9. The van der Waals surface area contributed by atoms with Gasteiger partial charge in [0, 0.05) is 43.5 Å². The number of nitrogens with zero attached hydrogens (tertiary/aromatic N) is 3. The quantitative estimate of drug-likeness (QED) is 0.426. The molecule has 8 heteroatoms. The number of piperidine rings is 1. The minimum absolute atomic E-state index is 0.148. The Labute approximate surface area is 200 Å². The summed E-state index contributed by atoms with van der Waals surface area (Å²) in [6.07, 6.45) is 8.25. The van der Waals surface area contributed by atoms with Gasteiger partial charge in [-0.1, -0.05) is 0 Å². The number of carboxylic acid groups (broad SMARTS) is 1. The molecule has 1 aliphatic rings. The first-order valence-electron chi connectivity index (χ1n) is 11.9. The van der Waals surface area contributed by atoms with Gasteiger partial charge in [0.2, 0.25) is 0 Å². The van der Waals surface area contributed by atoms with Crippen molar-refractivity contribution in [3.63, 3.8) is 0 Å². The Bertz CT molecular complexity index is 1110. The molecule has 8 nitrogen and oxygen atoms in total. The number of aromatic carboxylic acids is 1. The molecule has 0 amide bonds. The number of aromatic nitrogens is 2. The molecule has 1 N–H and O–H groups in total. The Kier molecular flexibility index (Phi) is 8.03. The van der Waals surface area contributed by atoms with Crippen LogP contribution in [0.1, 0.15) is 41.6 Å². The molecule has 1 aliphatic heterocycles. The number of hydrogen-bond donors (Lipinski definition) is 1. The summed E-state index contributed by atoms with van der Waals surface area (Å²) < 4.78 is 18.9. The van der Waals surface area contributed by atoms with Crippen LogP contribution < -0.4 is 9.47 Å². The van der Waals surface area contributed by atoms with Crippen molar-refractivity contribution in [1.29, 1.82) is 0 Å². The summed E-state index contributed by atoms with van der Waals surface area (Å²) in [7, 11) is 1.55. The maximum atomic E-state index is 11.5. The average molecular weight is 468 g/mol. The second-order valence-corrected chi connectivity index (χ2v) is 8.50. The Morgan fingerprint density at radius 2 is 2.00 bits per heavy atom. The van der Waals surface area contributed by atoms with Gasteiger partial charge in [0.15, 0.2) is 0 Å². The molecular weight excluding hydrogens is 434 g/mol. The summed E-state index contributed by atoms with van der Waals surface area (Å²) >= 11 is 0. The number of methoxy groups -OCH3 is 1. The third-order valence-corrected chi connectivity index (χ3v) is 6.51. The van der Waals surface area contributed by atoms with E-state index in [9.17, 15) is 9.90 Å². The lowest BCUT2D eigenvalue weighted by molar-refractivity contribution is 0.0691. The van der Waals surface area contributed by atoms with E-state index in [-0.39, 0.29) is 5.56 Å². The number of fused-ring (bicyclic) bond motifs is 1. The van der Waals surface area contributed by atoms with E-state index in [1.165, 1.54) is 22.5 Å². The van der Waals surface area contributed by atoms with Gasteiger partial charge in [-0.3, -0.25) is 9.88 Å². The van der Waals surface area contributed by atoms with Crippen molar-refractivity contribution in [2.45, 2.75) is 32.2 Å². The highest BCUT2D eigenvalue weighted by atomic mass is 16.5. The highest BCUT2D eigenvalue weighted by Gasteiger charge is 2.24. The van der Waals surface area contributed by atoms with Crippen LogP contribution in [0.2, 0.25) is 0 Å². The van der Waals surface area contributed by atoms with Crippen molar-refractivity contribution in [3.8, 4) is 11.5 Å². The average Bonchev–Trinajstić information content (AvgIpc) is 3.23. The van der Waals surface area contributed by atoms with Crippen molar-refractivity contribution in [1.82, 2.24) is 14.5 Å². The highest BCUT2D eigenvalue weighted by molar-refractivity contribution is 5.91. The first-order chi connectivity index (χ1) is 16.6. The number of pyridine rings is 1. The van der Waals surface area contributed by atoms with Crippen molar-refractivity contribution in [3.05, 3.63) is 54.0 Å². The number of benzene rings is 1. The standard InChI is InChI=1S/C26H33N3O5/c1-3-33-14-13-29-18-23(21-6-9-27-17-24(21)29)19-7-10-28(11-8-19)12-15-34-25-16-20(32-2)4-5-22(25)26(30)31/h4-6,9,16-19H,3,7-8,10-15H2,1-2H3,(H,30,31). The second-order valence-electron chi connectivity index (χ2n) is 8.50. The van der Waals surface area contributed by atoms with Gasteiger partial charge >= 0.3 is 5.97 Å². The molecule has 182 valence electrons. The predicted octanol–water partition coefficient (Wildman–Crippen LogP) is 4.04. The van der Waals surface area contributed by atoms with Crippen LogP contribution in [0, 0.1) is 0 Å². The third-order valence-electron chi connectivity index (χ3n) is 6.51. The minimum Gasteiger partial charge on any atom is -0.497 e. The van der Waals surface area contributed by atoms with Crippen molar-refractivity contribution in [2.24, 2.45) is 0 Å². The molecule has 0 bridgehead atoms. The van der Waals surface area contributed by atoms with Gasteiger partial charge in [-0.15, -0.1) is 0 Å². The summed E-state index contributed by atoms with van der Waals surface area (Å²) in [5.41, 5.74) is 2.71. The largest absolute Gasteiger partial charge is 0.497 e. The SMILES string of the molecule is CCOCCn1cc(C2CCN(CCOc3cc(OC)ccc3C(=O)O)CC2)c2ccncc21. The van der Waals surface area contributed by atoms with Gasteiger partial charge in [-0.05, 0) is 62.5 Å². The number of rotatable bonds is 11. The zero-order chi connectivity index (χ0) is 23.9. The smallest absolute Gasteiger partial charge is 0.339 e. The molecular formula is C26H33N3O5. The molecule has 0 radical (unpaired) electrons. The van der Waals surface area contributed by atoms with E-state index in [1.54, 1.807) is 19.2 Å². The van der Waals surface area contributed by atoms with Crippen LogP contribution in [0.3, 0.4) is 0 Å². The molecule has 1 aromatic carbocycles. The lowest BCUT2D eigenvalue weighted by Gasteiger charge is -2.31. The molecule has 0 aliphatic carbocycles. The van der Waals surface area contributed by atoms with Gasteiger partial charge in [-0.25, -0.2) is 4.79 Å². The van der Waals surface area contributed by atoms with Crippen LogP contribution >= 0.6 is 0 Å². The van der Waals surface area contributed by atoms with E-state index in [4.69, 9.17) is 14.2 Å². The topological polar surface area (TPSA) is 86.0 Å². The van der Waals surface area contributed by atoms with E-state index in [0.29, 0.717) is 30.6 Å². The summed E-state index contributed by atoms with van der Waals surface area (Å²) in [5, 5.41) is 10.7. The van der Waals surface area contributed by atoms with E-state index in [1.807, 2.05) is 19.3 Å². The van der Waals surface area contributed by atoms with Crippen molar-refractivity contribution in [2.75, 3.05) is 46.6 Å². The number of likely N-dealkylation sites (tertiary alicyclic amines) is 1. The molecule has 0 saturated carbocycles. The van der Waals surface area contributed by atoms with Crippen LogP contribution in [0.25, 0.3) is 10.9 Å². The molecule has 2 aromatic heterocycles. The fraction of sp³-hybridized carbons (Fsp3) is 0.462. The molecule has 34 heavy (non-hydrogen) atoms. The first kappa shape index (κ1) is 24.0. The lowest BCUT2D eigenvalue weighted by atomic mass is 9.89. The zero-order valence-corrected chi connectivity index (χ0v) is 19.9.